The molecular weight excluding hydrogens is 366 g/mol. The van der Waals surface area contributed by atoms with Crippen LogP contribution in [-0.2, 0) is 17.7 Å². The molecule has 1 N–H and O–H groups in total. The molecular formula is C23H29N3O3. The minimum atomic E-state index is -0.0398. The number of aromatic nitrogens is 1. The van der Waals surface area contributed by atoms with Crippen molar-refractivity contribution in [1.82, 2.24) is 14.8 Å². The summed E-state index contributed by atoms with van der Waals surface area (Å²) in [7, 11) is 0. The maximum absolute atomic E-state index is 12.9. The standard InChI is InChI=1S/C23H29N3O3/c1-18-16-20-22(29-18)17-21(23(27)24-9-11-25-12-14-28-15-13-25)26(20)10-5-8-19-6-3-2-4-7-19/h2-4,6-7,16-17H,5,8-15H2,1H3,(H,24,27). The van der Waals surface area contributed by atoms with Crippen LogP contribution in [0.4, 0.5) is 0 Å². The van der Waals surface area contributed by atoms with Crippen molar-refractivity contribution >= 4 is 17.0 Å². The fourth-order valence-electron chi connectivity index (χ4n) is 3.92. The summed E-state index contributed by atoms with van der Waals surface area (Å²) in [6.45, 7) is 7.60. The van der Waals surface area contributed by atoms with E-state index in [1.807, 2.05) is 25.1 Å². The zero-order valence-electron chi connectivity index (χ0n) is 17.0. The highest BCUT2D eigenvalue weighted by Crippen LogP contribution is 2.24. The van der Waals surface area contributed by atoms with Gasteiger partial charge in [-0.1, -0.05) is 30.3 Å². The molecule has 1 aliphatic heterocycles. The Morgan fingerprint density at radius 1 is 1.10 bits per heavy atom. The second-order valence-corrected chi connectivity index (χ2v) is 7.59. The lowest BCUT2D eigenvalue weighted by Gasteiger charge is -2.26. The minimum Gasteiger partial charge on any atom is -0.460 e. The number of amides is 1. The van der Waals surface area contributed by atoms with E-state index < -0.39 is 0 Å². The third kappa shape index (κ3) is 4.89. The van der Waals surface area contributed by atoms with Gasteiger partial charge in [0.1, 0.15) is 11.5 Å². The molecule has 1 aliphatic rings. The first-order chi connectivity index (χ1) is 14.2. The molecule has 0 aliphatic carbocycles. The first-order valence-electron chi connectivity index (χ1n) is 10.4. The number of fused-ring (bicyclic) bond motifs is 1. The molecule has 3 heterocycles. The van der Waals surface area contributed by atoms with Gasteiger partial charge in [-0.2, -0.15) is 0 Å². The summed E-state index contributed by atoms with van der Waals surface area (Å²) < 4.78 is 13.3. The average molecular weight is 396 g/mol. The van der Waals surface area contributed by atoms with E-state index in [0.717, 1.165) is 69.1 Å². The number of rotatable bonds is 8. The van der Waals surface area contributed by atoms with E-state index in [4.69, 9.17) is 9.15 Å². The molecule has 0 atom stereocenters. The van der Waals surface area contributed by atoms with Crippen LogP contribution in [0.2, 0.25) is 0 Å². The molecule has 1 saturated heterocycles. The van der Waals surface area contributed by atoms with Gasteiger partial charge in [0.2, 0.25) is 0 Å². The Hall–Kier alpha value is -2.57. The molecule has 2 aromatic heterocycles. The van der Waals surface area contributed by atoms with E-state index in [2.05, 4.69) is 39.0 Å². The molecule has 3 aromatic rings. The highest BCUT2D eigenvalue weighted by molar-refractivity contribution is 5.97. The van der Waals surface area contributed by atoms with Crippen LogP contribution in [0.1, 0.15) is 28.2 Å². The van der Waals surface area contributed by atoms with Gasteiger partial charge in [0.05, 0.1) is 18.7 Å². The van der Waals surface area contributed by atoms with Gasteiger partial charge in [-0.05, 0) is 25.3 Å². The molecule has 29 heavy (non-hydrogen) atoms. The number of hydrogen-bond donors (Lipinski definition) is 1. The van der Waals surface area contributed by atoms with E-state index in [1.165, 1.54) is 5.56 Å². The van der Waals surface area contributed by atoms with Crippen molar-refractivity contribution in [3.63, 3.8) is 0 Å². The van der Waals surface area contributed by atoms with Gasteiger partial charge in [-0.25, -0.2) is 0 Å². The normalized spacial score (nSPS) is 15.1. The number of hydrogen-bond acceptors (Lipinski definition) is 4. The fraction of sp³-hybridized carbons (Fsp3) is 0.435. The second kappa shape index (κ2) is 9.29. The van der Waals surface area contributed by atoms with Gasteiger partial charge >= 0.3 is 0 Å². The molecule has 154 valence electrons. The third-order valence-corrected chi connectivity index (χ3v) is 5.45. The topological polar surface area (TPSA) is 59.6 Å². The Morgan fingerprint density at radius 3 is 2.69 bits per heavy atom. The van der Waals surface area contributed by atoms with E-state index in [0.29, 0.717) is 12.2 Å². The molecule has 0 saturated carbocycles. The number of nitrogens with one attached hydrogen (secondary N) is 1. The lowest BCUT2D eigenvalue weighted by molar-refractivity contribution is 0.0383. The van der Waals surface area contributed by atoms with Crippen molar-refractivity contribution < 1.29 is 13.9 Å². The lowest BCUT2D eigenvalue weighted by Crippen LogP contribution is -2.41. The van der Waals surface area contributed by atoms with Crippen LogP contribution in [-0.4, -0.2) is 54.8 Å². The Kier molecular flexibility index (Phi) is 6.32. The van der Waals surface area contributed by atoms with Gasteiger partial charge in [-0.15, -0.1) is 0 Å². The van der Waals surface area contributed by atoms with Crippen molar-refractivity contribution in [1.29, 1.82) is 0 Å². The van der Waals surface area contributed by atoms with Crippen LogP contribution in [0.25, 0.3) is 11.1 Å². The molecule has 0 unspecified atom stereocenters. The SMILES string of the molecule is Cc1cc2c(cc(C(=O)NCCN3CCOCC3)n2CCCc2ccccc2)o1. The summed E-state index contributed by atoms with van der Waals surface area (Å²) in [5, 5.41) is 3.08. The van der Waals surface area contributed by atoms with Crippen LogP contribution >= 0.6 is 0 Å². The largest absolute Gasteiger partial charge is 0.460 e. The zero-order valence-corrected chi connectivity index (χ0v) is 17.0. The molecule has 1 fully saturated rings. The second-order valence-electron chi connectivity index (χ2n) is 7.59. The van der Waals surface area contributed by atoms with E-state index in [9.17, 15) is 4.79 Å². The Balaban J connectivity index is 1.41. The van der Waals surface area contributed by atoms with Crippen LogP contribution in [0.15, 0.2) is 46.9 Å². The fourth-order valence-corrected chi connectivity index (χ4v) is 3.92. The molecule has 0 spiro atoms. The van der Waals surface area contributed by atoms with Crippen molar-refractivity contribution in [3.05, 3.63) is 59.5 Å². The first kappa shape index (κ1) is 19.7. The van der Waals surface area contributed by atoms with E-state index in [-0.39, 0.29) is 5.91 Å². The van der Waals surface area contributed by atoms with Gasteiger partial charge in [0.25, 0.3) is 5.91 Å². The van der Waals surface area contributed by atoms with Gasteiger partial charge in [0, 0.05) is 44.9 Å². The summed E-state index contributed by atoms with van der Waals surface area (Å²) >= 11 is 0. The lowest BCUT2D eigenvalue weighted by atomic mass is 10.1. The highest BCUT2D eigenvalue weighted by atomic mass is 16.5. The molecule has 6 nitrogen and oxygen atoms in total. The predicted octanol–water partition coefficient (Wildman–Crippen LogP) is 3.24. The van der Waals surface area contributed by atoms with Gasteiger partial charge < -0.3 is 19.0 Å². The van der Waals surface area contributed by atoms with Gasteiger partial charge in [0.15, 0.2) is 5.58 Å². The quantitative estimate of drug-likeness (QED) is 0.636. The van der Waals surface area contributed by atoms with Crippen molar-refractivity contribution in [2.24, 2.45) is 0 Å². The number of morpholine rings is 1. The average Bonchev–Trinajstić information content (AvgIpc) is 3.26. The number of nitrogens with zero attached hydrogens (tertiary/aromatic N) is 2. The predicted molar refractivity (Wildman–Crippen MR) is 113 cm³/mol. The highest BCUT2D eigenvalue weighted by Gasteiger charge is 2.18. The Labute approximate surface area is 171 Å². The number of ether oxygens (including phenoxy) is 1. The third-order valence-electron chi connectivity index (χ3n) is 5.45. The van der Waals surface area contributed by atoms with Crippen LogP contribution in [0.5, 0.6) is 0 Å². The smallest absolute Gasteiger partial charge is 0.268 e. The maximum Gasteiger partial charge on any atom is 0.268 e. The number of benzene rings is 1. The monoisotopic (exact) mass is 395 g/mol. The number of carbonyl (C=O) groups excluding carboxylic acids is 1. The maximum atomic E-state index is 12.9. The Morgan fingerprint density at radius 2 is 1.90 bits per heavy atom. The van der Waals surface area contributed by atoms with Crippen molar-refractivity contribution in [2.75, 3.05) is 39.4 Å². The van der Waals surface area contributed by atoms with Crippen LogP contribution in [0, 0.1) is 6.92 Å². The van der Waals surface area contributed by atoms with Crippen molar-refractivity contribution in [2.45, 2.75) is 26.3 Å². The van der Waals surface area contributed by atoms with E-state index in [1.54, 1.807) is 0 Å². The molecule has 1 amide bonds. The zero-order chi connectivity index (χ0) is 20.1. The van der Waals surface area contributed by atoms with Crippen molar-refractivity contribution in [3.8, 4) is 0 Å². The molecule has 6 heteroatoms. The van der Waals surface area contributed by atoms with Crippen LogP contribution in [0.3, 0.4) is 0 Å². The number of furan rings is 1. The first-order valence-corrected chi connectivity index (χ1v) is 10.4. The van der Waals surface area contributed by atoms with Gasteiger partial charge in [-0.3, -0.25) is 9.69 Å². The van der Waals surface area contributed by atoms with Crippen LogP contribution < -0.4 is 5.32 Å². The summed E-state index contributed by atoms with van der Waals surface area (Å²) in [5.41, 5.74) is 3.76. The summed E-state index contributed by atoms with van der Waals surface area (Å²) in [6.07, 6.45) is 1.95. The summed E-state index contributed by atoms with van der Waals surface area (Å²) in [4.78, 5) is 15.2. The minimum absolute atomic E-state index is 0.0398. The molecule has 0 radical (unpaired) electrons. The summed E-state index contributed by atoms with van der Waals surface area (Å²) in [6, 6.07) is 14.3. The number of carbonyl (C=O) groups is 1. The van der Waals surface area contributed by atoms with E-state index >= 15 is 0 Å². The number of aryl methyl sites for hydroxylation is 3. The molecule has 1 aromatic carbocycles. The molecule has 4 rings (SSSR count). The Bertz CT molecular complexity index is 939. The molecule has 0 bridgehead atoms. The summed E-state index contributed by atoms with van der Waals surface area (Å²) in [5.74, 6) is 0.827.